The smallest absolute Gasteiger partial charge is 0.338 e. The maximum absolute atomic E-state index is 12.7. The summed E-state index contributed by atoms with van der Waals surface area (Å²) in [6.45, 7) is 1.94. The van der Waals surface area contributed by atoms with E-state index in [1.54, 1.807) is 25.1 Å². The first-order valence-corrected chi connectivity index (χ1v) is 11.6. The third-order valence-electron chi connectivity index (χ3n) is 5.60. The van der Waals surface area contributed by atoms with Crippen molar-refractivity contribution in [1.29, 1.82) is 0 Å². The van der Waals surface area contributed by atoms with Gasteiger partial charge in [-0.3, -0.25) is 9.10 Å². The highest BCUT2D eigenvalue weighted by Gasteiger charge is 2.28. The van der Waals surface area contributed by atoms with Crippen molar-refractivity contribution in [1.82, 2.24) is 0 Å². The maximum atomic E-state index is 12.7. The topological polar surface area (TPSA) is 80.8 Å². The zero-order valence-electron chi connectivity index (χ0n) is 16.5. The van der Waals surface area contributed by atoms with Crippen LogP contribution in [-0.2, 0) is 34.0 Å². The molecule has 4 rings (SSSR count). The van der Waals surface area contributed by atoms with Crippen LogP contribution in [-0.4, -0.2) is 39.1 Å². The molecular formula is C22H23NO5S. The molecule has 1 aliphatic carbocycles. The Morgan fingerprint density at radius 1 is 0.966 bits per heavy atom. The van der Waals surface area contributed by atoms with Gasteiger partial charge in [0.25, 0.3) is 0 Å². The van der Waals surface area contributed by atoms with Crippen molar-refractivity contribution in [2.45, 2.75) is 38.7 Å². The van der Waals surface area contributed by atoms with E-state index in [0.29, 0.717) is 29.8 Å². The van der Waals surface area contributed by atoms with E-state index in [9.17, 15) is 18.0 Å². The number of rotatable bonds is 5. The van der Waals surface area contributed by atoms with E-state index in [-0.39, 0.29) is 5.78 Å². The van der Waals surface area contributed by atoms with Gasteiger partial charge < -0.3 is 4.74 Å². The minimum absolute atomic E-state index is 0.225. The van der Waals surface area contributed by atoms with E-state index >= 15 is 0 Å². The molecule has 2 aromatic rings. The quantitative estimate of drug-likeness (QED) is 0.556. The average molecular weight is 413 g/mol. The molecule has 0 radical (unpaired) electrons. The maximum Gasteiger partial charge on any atom is 0.338 e. The van der Waals surface area contributed by atoms with Crippen molar-refractivity contribution in [2.24, 2.45) is 0 Å². The first-order valence-electron chi connectivity index (χ1n) is 9.71. The standard InChI is InChI=1S/C22H23NO5S/c1-14(21(24)18-7-6-15-4-3-5-16(15)12-18)28-22(25)19-8-9-20-17(13-19)10-11-23(20)29(2,26)27/h6-9,12-14H,3-5,10-11H2,1-2H3/t14-/m0/s1. The molecule has 0 N–H and O–H groups in total. The first-order chi connectivity index (χ1) is 13.7. The number of esters is 1. The van der Waals surface area contributed by atoms with Crippen molar-refractivity contribution in [2.75, 3.05) is 17.1 Å². The second-order valence-electron chi connectivity index (χ2n) is 7.68. The number of benzene rings is 2. The van der Waals surface area contributed by atoms with E-state index in [2.05, 4.69) is 0 Å². The van der Waals surface area contributed by atoms with Crippen LogP contribution in [0.2, 0.25) is 0 Å². The Morgan fingerprint density at radius 3 is 2.41 bits per heavy atom. The lowest BCUT2D eigenvalue weighted by molar-refractivity contribution is 0.0318. The molecule has 0 aromatic heterocycles. The molecule has 152 valence electrons. The van der Waals surface area contributed by atoms with Crippen molar-refractivity contribution in [3.05, 3.63) is 64.2 Å². The highest BCUT2D eigenvalue weighted by molar-refractivity contribution is 7.92. The number of Topliss-reactive ketones (excluding diaryl/α,β-unsaturated/α-hetero) is 1. The van der Waals surface area contributed by atoms with Gasteiger partial charge in [-0.05, 0) is 73.6 Å². The lowest BCUT2D eigenvalue weighted by atomic mass is 10.0. The molecule has 1 heterocycles. The molecule has 0 saturated carbocycles. The van der Waals surface area contributed by atoms with E-state index in [1.807, 2.05) is 12.1 Å². The van der Waals surface area contributed by atoms with Crippen LogP contribution >= 0.6 is 0 Å². The first kappa shape index (κ1) is 19.6. The summed E-state index contributed by atoms with van der Waals surface area (Å²) in [4.78, 5) is 25.3. The Bertz CT molecular complexity index is 1110. The predicted octanol–water partition coefficient (Wildman–Crippen LogP) is 2.93. The number of fused-ring (bicyclic) bond motifs is 2. The minimum Gasteiger partial charge on any atom is -0.451 e. The largest absolute Gasteiger partial charge is 0.451 e. The van der Waals surface area contributed by atoms with Crippen LogP contribution in [0.3, 0.4) is 0 Å². The van der Waals surface area contributed by atoms with Crippen LogP contribution in [0.15, 0.2) is 36.4 Å². The van der Waals surface area contributed by atoms with Gasteiger partial charge in [0.15, 0.2) is 6.10 Å². The Hall–Kier alpha value is -2.67. The van der Waals surface area contributed by atoms with Crippen molar-refractivity contribution in [3.63, 3.8) is 0 Å². The third kappa shape index (κ3) is 3.79. The van der Waals surface area contributed by atoms with Gasteiger partial charge in [0.05, 0.1) is 17.5 Å². The number of ketones is 1. The fraction of sp³-hybridized carbons (Fsp3) is 0.364. The summed E-state index contributed by atoms with van der Waals surface area (Å²) in [5.74, 6) is -0.815. The Morgan fingerprint density at radius 2 is 1.66 bits per heavy atom. The monoisotopic (exact) mass is 413 g/mol. The highest BCUT2D eigenvalue weighted by Crippen LogP contribution is 2.31. The lowest BCUT2D eigenvalue weighted by Crippen LogP contribution is -2.27. The van der Waals surface area contributed by atoms with Crippen LogP contribution in [0.25, 0.3) is 0 Å². The average Bonchev–Trinajstić information content (AvgIpc) is 3.32. The molecule has 2 aromatic carbocycles. The fourth-order valence-corrected chi connectivity index (χ4v) is 5.04. The van der Waals surface area contributed by atoms with E-state index in [0.717, 1.165) is 31.1 Å². The zero-order chi connectivity index (χ0) is 20.8. The second kappa shape index (κ2) is 7.30. The molecule has 1 atom stereocenters. The molecular weight excluding hydrogens is 390 g/mol. The second-order valence-corrected chi connectivity index (χ2v) is 9.58. The number of nitrogens with zero attached hydrogens (tertiary/aromatic N) is 1. The fourth-order valence-electron chi connectivity index (χ4n) is 4.08. The number of sulfonamides is 1. The third-order valence-corrected chi connectivity index (χ3v) is 6.78. The summed E-state index contributed by atoms with van der Waals surface area (Å²) in [6.07, 6.45) is 3.92. The number of carbonyl (C=O) groups excluding carboxylic acids is 2. The van der Waals surface area contributed by atoms with Crippen molar-refractivity contribution >= 4 is 27.5 Å². The lowest BCUT2D eigenvalue weighted by Gasteiger charge is -2.17. The Kier molecular flexibility index (Phi) is 4.94. The van der Waals surface area contributed by atoms with Gasteiger partial charge in [0.2, 0.25) is 15.8 Å². The van der Waals surface area contributed by atoms with Gasteiger partial charge in [0.1, 0.15) is 0 Å². The summed E-state index contributed by atoms with van der Waals surface area (Å²) < 4.78 is 30.4. The molecule has 0 spiro atoms. The molecule has 0 fully saturated rings. The molecule has 0 bridgehead atoms. The highest BCUT2D eigenvalue weighted by atomic mass is 32.2. The minimum atomic E-state index is -3.34. The zero-order valence-corrected chi connectivity index (χ0v) is 17.3. The van der Waals surface area contributed by atoms with E-state index in [1.165, 1.54) is 21.5 Å². The van der Waals surface area contributed by atoms with Gasteiger partial charge in [-0.1, -0.05) is 12.1 Å². The number of aryl methyl sites for hydroxylation is 2. The molecule has 6 nitrogen and oxygen atoms in total. The van der Waals surface area contributed by atoms with Gasteiger partial charge in [-0.15, -0.1) is 0 Å². The van der Waals surface area contributed by atoms with Gasteiger partial charge in [-0.2, -0.15) is 0 Å². The summed E-state index contributed by atoms with van der Waals surface area (Å²) in [5.41, 5.74) is 4.72. The molecule has 0 unspecified atom stereocenters. The van der Waals surface area contributed by atoms with Crippen LogP contribution in [0, 0.1) is 0 Å². The van der Waals surface area contributed by atoms with E-state index < -0.39 is 22.1 Å². The summed E-state index contributed by atoms with van der Waals surface area (Å²) in [7, 11) is -3.34. The van der Waals surface area contributed by atoms with Gasteiger partial charge in [0, 0.05) is 12.1 Å². The number of hydrogen-bond acceptors (Lipinski definition) is 5. The summed E-state index contributed by atoms with van der Waals surface area (Å²) in [6, 6.07) is 10.5. The van der Waals surface area contributed by atoms with Crippen molar-refractivity contribution < 1.29 is 22.7 Å². The van der Waals surface area contributed by atoms with Gasteiger partial charge in [-0.25, -0.2) is 13.2 Å². The van der Waals surface area contributed by atoms with E-state index in [4.69, 9.17) is 4.74 Å². The van der Waals surface area contributed by atoms with Gasteiger partial charge >= 0.3 is 5.97 Å². The molecule has 0 amide bonds. The number of hydrogen-bond donors (Lipinski definition) is 0. The number of carbonyl (C=O) groups is 2. The van der Waals surface area contributed by atoms with Crippen LogP contribution in [0.4, 0.5) is 5.69 Å². The van der Waals surface area contributed by atoms with Crippen LogP contribution in [0.1, 0.15) is 50.8 Å². The van der Waals surface area contributed by atoms with Crippen LogP contribution in [0.5, 0.6) is 0 Å². The summed E-state index contributed by atoms with van der Waals surface area (Å²) >= 11 is 0. The Balaban J connectivity index is 1.47. The molecule has 29 heavy (non-hydrogen) atoms. The molecule has 1 aliphatic heterocycles. The SMILES string of the molecule is C[C@H](OC(=O)c1ccc2c(c1)CCN2S(C)(=O)=O)C(=O)c1ccc2c(c1)CCC2. The number of ether oxygens (including phenoxy) is 1. The Labute approximate surface area is 170 Å². The van der Waals surface area contributed by atoms with Crippen LogP contribution < -0.4 is 4.31 Å². The molecule has 2 aliphatic rings. The summed E-state index contributed by atoms with van der Waals surface area (Å²) in [5, 5.41) is 0. The normalized spacial score (nSPS) is 16.3. The van der Waals surface area contributed by atoms with Crippen molar-refractivity contribution in [3.8, 4) is 0 Å². The predicted molar refractivity (Wildman–Crippen MR) is 110 cm³/mol. The number of anilines is 1. The molecule has 0 saturated heterocycles. The molecule has 7 heteroatoms.